The molecule has 1 aliphatic heterocycles. The van der Waals surface area contributed by atoms with Crippen molar-refractivity contribution >= 4 is 46.2 Å². The lowest BCUT2D eigenvalue weighted by Gasteiger charge is -2.10. The molecule has 0 bridgehead atoms. The number of nitrogens with zero attached hydrogens (tertiary/aromatic N) is 1. The van der Waals surface area contributed by atoms with Gasteiger partial charge in [-0.05, 0) is 54.6 Å². The maximum atomic E-state index is 12.2. The van der Waals surface area contributed by atoms with E-state index in [4.69, 9.17) is 21.1 Å². The Labute approximate surface area is 161 Å². The molecule has 1 aliphatic rings. The van der Waals surface area contributed by atoms with E-state index in [1.165, 1.54) is 26.0 Å². The van der Waals surface area contributed by atoms with Crippen LogP contribution in [0.1, 0.15) is 11.1 Å². The summed E-state index contributed by atoms with van der Waals surface area (Å²) in [5.41, 5.74) is 2.68. The molecule has 0 unspecified atom stereocenters. The fraction of sp³-hybridized carbons (Fsp3) is 0.158. The number of hydrogen-bond acceptors (Lipinski definition) is 5. The maximum Gasteiger partial charge on any atom is 0.264 e. The van der Waals surface area contributed by atoms with E-state index in [0.29, 0.717) is 26.6 Å². The molecule has 3 rings (SSSR count). The number of amides is 1. The van der Waals surface area contributed by atoms with Gasteiger partial charge >= 0.3 is 0 Å². The van der Waals surface area contributed by atoms with Crippen molar-refractivity contribution in [2.75, 3.05) is 14.2 Å². The molecule has 1 N–H and O–H groups in total. The third kappa shape index (κ3) is 4.03. The fourth-order valence-corrected chi connectivity index (χ4v) is 3.53. The Morgan fingerprint density at radius 3 is 2.54 bits per heavy atom. The summed E-state index contributed by atoms with van der Waals surface area (Å²) in [5, 5.41) is 3.72. The standard InChI is InChI=1S/C19H17ClN2O3S/c1-11-4-6-13(7-5-11)21-19-22-18(23)16(26-19)10-12-8-14(20)17(25-3)15(9-12)24-2/h4-10H,1-3H3,(H,21,22,23)/b16-10-. The third-order valence-electron chi connectivity index (χ3n) is 3.67. The lowest BCUT2D eigenvalue weighted by Crippen LogP contribution is -2.19. The van der Waals surface area contributed by atoms with Gasteiger partial charge in [0.2, 0.25) is 0 Å². The number of rotatable bonds is 4. The van der Waals surface area contributed by atoms with E-state index in [1.807, 2.05) is 31.2 Å². The van der Waals surface area contributed by atoms with Crippen LogP contribution in [0, 0.1) is 6.92 Å². The Balaban J connectivity index is 1.87. The Kier molecular flexibility index (Phi) is 5.54. The van der Waals surface area contributed by atoms with E-state index in [0.717, 1.165) is 16.8 Å². The van der Waals surface area contributed by atoms with E-state index in [2.05, 4.69) is 10.3 Å². The van der Waals surface area contributed by atoms with Crippen molar-refractivity contribution in [2.45, 2.75) is 6.92 Å². The summed E-state index contributed by atoms with van der Waals surface area (Å²) >= 11 is 7.50. The minimum absolute atomic E-state index is 0.202. The van der Waals surface area contributed by atoms with Gasteiger partial charge in [-0.1, -0.05) is 29.3 Å². The minimum atomic E-state index is -0.202. The number of aliphatic imine (C=N–C) groups is 1. The van der Waals surface area contributed by atoms with E-state index >= 15 is 0 Å². The average molecular weight is 389 g/mol. The van der Waals surface area contributed by atoms with Crippen LogP contribution in [0.3, 0.4) is 0 Å². The van der Waals surface area contributed by atoms with Crippen LogP contribution in [0.15, 0.2) is 46.3 Å². The van der Waals surface area contributed by atoms with Crippen molar-refractivity contribution in [3.63, 3.8) is 0 Å². The Bertz CT molecular complexity index is 908. The van der Waals surface area contributed by atoms with Crippen LogP contribution in [0.2, 0.25) is 5.02 Å². The van der Waals surface area contributed by atoms with Crippen molar-refractivity contribution in [1.82, 2.24) is 5.32 Å². The van der Waals surface area contributed by atoms with Crippen LogP contribution < -0.4 is 14.8 Å². The van der Waals surface area contributed by atoms with Crippen molar-refractivity contribution in [2.24, 2.45) is 4.99 Å². The van der Waals surface area contributed by atoms with Crippen LogP contribution in [-0.4, -0.2) is 25.3 Å². The lowest BCUT2D eigenvalue weighted by atomic mass is 10.2. The largest absolute Gasteiger partial charge is 0.493 e. The molecule has 1 fully saturated rings. The monoisotopic (exact) mass is 388 g/mol. The quantitative estimate of drug-likeness (QED) is 0.780. The second-order valence-corrected chi connectivity index (χ2v) is 6.99. The van der Waals surface area contributed by atoms with E-state index in [-0.39, 0.29) is 5.91 Å². The molecular weight excluding hydrogens is 372 g/mol. The zero-order chi connectivity index (χ0) is 18.7. The van der Waals surface area contributed by atoms with Gasteiger partial charge in [-0.25, -0.2) is 4.99 Å². The molecule has 0 aliphatic carbocycles. The molecule has 2 aromatic rings. The van der Waals surface area contributed by atoms with E-state index in [9.17, 15) is 4.79 Å². The molecule has 1 amide bonds. The molecular formula is C19H17ClN2O3S. The molecule has 26 heavy (non-hydrogen) atoms. The molecule has 0 saturated carbocycles. The van der Waals surface area contributed by atoms with Gasteiger partial charge in [0.1, 0.15) is 0 Å². The number of methoxy groups -OCH3 is 2. The Morgan fingerprint density at radius 2 is 1.88 bits per heavy atom. The molecule has 1 heterocycles. The highest BCUT2D eigenvalue weighted by Gasteiger charge is 2.24. The number of carbonyl (C=O) groups excluding carboxylic acids is 1. The number of aryl methyl sites for hydroxylation is 1. The van der Waals surface area contributed by atoms with Gasteiger partial charge in [0.15, 0.2) is 16.7 Å². The summed E-state index contributed by atoms with van der Waals surface area (Å²) in [6, 6.07) is 11.3. The predicted octanol–water partition coefficient (Wildman–Crippen LogP) is 4.56. The van der Waals surface area contributed by atoms with Gasteiger partial charge < -0.3 is 14.8 Å². The SMILES string of the molecule is COc1cc(/C=C2\SC(=Nc3ccc(C)cc3)NC2=O)cc(Cl)c1OC. The Hall–Kier alpha value is -2.44. The highest BCUT2D eigenvalue weighted by Crippen LogP contribution is 2.37. The van der Waals surface area contributed by atoms with Crippen molar-refractivity contribution in [1.29, 1.82) is 0 Å². The molecule has 0 spiro atoms. The first-order valence-corrected chi connectivity index (χ1v) is 8.97. The van der Waals surface area contributed by atoms with Crippen LogP contribution in [-0.2, 0) is 4.79 Å². The predicted molar refractivity (Wildman–Crippen MR) is 107 cm³/mol. The summed E-state index contributed by atoms with van der Waals surface area (Å²) in [7, 11) is 3.06. The van der Waals surface area contributed by atoms with Crippen LogP contribution in [0.4, 0.5) is 5.69 Å². The van der Waals surface area contributed by atoms with E-state index < -0.39 is 0 Å². The number of amidine groups is 1. The maximum absolute atomic E-state index is 12.2. The summed E-state index contributed by atoms with van der Waals surface area (Å²) < 4.78 is 10.5. The van der Waals surface area contributed by atoms with Gasteiger partial charge in [0.25, 0.3) is 5.91 Å². The summed E-state index contributed by atoms with van der Waals surface area (Å²) in [6.45, 7) is 2.01. The normalized spacial score (nSPS) is 16.8. The molecule has 2 aromatic carbocycles. The van der Waals surface area contributed by atoms with Crippen LogP contribution in [0.5, 0.6) is 11.5 Å². The highest BCUT2D eigenvalue weighted by atomic mass is 35.5. The number of ether oxygens (including phenoxy) is 2. The average Bonchev–Trinajstić information content (AvgIpc) is 2.95. The zero-order valence-electron chi connectivity index (χ0n) is 14.5. The molecule has 134 valence electrons. The van der Waals surface area contributed by atoms with Crippen molar-refractivity contribution in [3.05, 3.63) is 57.5 Å². The smallest absolute Gasteiger partial charge is 0.264 e. The molecule has 0 atom stereocenters. The van der Waals surface area contributed by atoms with Gasteiger partial charge in [0, 0.05) is 0 Å². The lowest BCUT2D eigenvalue weighted by molar-refractivity contribution is -0.115. The van der Waals surface area contributed by atoms with Crippen LogP contribution >= 0.6 is 23.4 Å². The first kappa shape index (κ1) is 18.4. The van der Waals surface area contributed by atoms with Gasteiger partial charge in [0.05, 0.1) is 29.8 Å². The van der Waals surface area contributed by atoms with Gasteiger partial charge in [-0.2, -0.15) is 0 Å². The second-order valence-electron chi connectivity index (χ2n) is 5.56. The van der Waals surface area contributed by atoms with E-state index in [1.54, 1.807) is 18.2 Å². The number of nitrogens with one attached hydrogen (secondary N) is 1. The molecule has 0 radical (unpaired) electrons. The first-order chi connectivity index (χ1) is 12.5. The summed E-state index contributed by atoms with van der Waals surface area (Å²) in [6.07, 6.45) is 1.74. The molecule has 0 aromatic heterocycles. The topological polar surface area (TPSA) is 59.9 Å². The third-order valence-corrected chi connectivity index (χ3v) is 4.86. The number of carbonyl (C=O) groups is 1. The number of hydrogen-bond donors (Lipinski definition) is 1. The number of thioether (sulfide) groups is 1. The fourth-order valence-electron chi connectivity index (χ4n) is 2.39. The van der Waals surface area contributed by atoms with Gasteiger partial charge in [-0.3, -0.25) is 4.79 Å². The van der Waals surface area contributed by atoms with Gasteiger partial charge in [-0.15, -0.1) is 0 Å². The highest BCUT2D eigenvalue weighted by molar-refractivity contribution is 8.18. The van der Waals surface area contributed by atoms with Crippen LogP contribution in [0.25, 0.3) is 6.08 Å². The Morgan fingerprint density at radius 1 is 1.15 bits per heavy atom. The summed E-state index contributed by atoms with van der Waals surface area (Å²) in [5.74, 6) is 0.761. The zero-order valence-corrected chi connectivity index (χ0v) is 16.1. The molecule has 7 heteroatoms. The first-order valence-electron chi connectivity index (χ1n) is 7.78. The molecule has 5 nitrogen and oxygen atoms in total. The second kappa shape index (κ2) is 7.85. The number of halogens is 1. The molecule has 1 saturated heterocycles. The number of benzene rings is 2. The summed E-state index contributed by atoms with van der Waals surface area (Å²) in [4.78, 5) is 17.2. The van der Waals surface area contributed by atoms with Crippen molar-refractivity contribution in [3.8, 4) is 11.5 Å². The van der Waals surface area contributed by atoms with Crippen molar-refractivity contribution < 1.29 is 14.3 Å². The minimum Gasteiger partial charge on any atom is -0.493 e.